The Morgan fingerprint density at radius 1 is 1.14 bits per heavy atom. The summed E-state index contributed by atoms with van der Waals surface area (Å²) in [5, 5.41) is 0. The van der Waals surface area contributed by atoms with Gasteiger partial charge >= 0.3 is 0 Å². The summed E-state index contributed by atoms with van der Waals surface area (Å²) in [7, 11) is -1.92. The molecular formula is C15H23NO4S. The van der Waals surface area contributed by atoms with Gasteiger partial charge in [-0.15, -0.1) is 0 Å². The second kappa shape index (κ2) is 5.94. The summed E-state index contributed by atoms with van der Waals surface area (Å²) < 4.78 is 38.1. The Kier molecular flexibility index (Phi) is 4.60. The van der Waals surface area contributed by atoms with E-state index in [9.17, 15) is 8.42 Å². The van der Waals surface area contributed by atoms with E-state index in [4.69, 9.17) is 9.47 Å². The first kappa shape index (κ1) is 16.3. The molecule has 1 heterocycles. The molecule has 118 valence electrons. The van der Waals surface area contributed by atoms with E-state index in [1.807, 2.05) is 20.8 Å². The number of sulfonamides is 1. The molecule has 0 radical (unpaired) electrons. The summed E-state index contributed by atoms with van der Waals surface area (Å²) in [4.78, 5) is 0.349. The number of nitrogens with zero attached hydrogens (tertiary/aromatic N) is 1. The summed E-state index contributed by atoms with van der Waals surface area (Å²) in [6.07, 6.45) is -0.189. The molecule has 1 saturated heterocycles. The lowest BCUT2D eigenvalue weighted by Crippen LogP contribution is -2.48. The molecule has 1 aliphatic heterocycles. The van der Waals surface area contributed by atoms with Gasteiger partial charge in [0.05, 0.1) is 24.2 Å². The Bertz CT molecular complexity index is 617. The lowest BCUT2D eigenvalue weighted by atomic mass is 10.1. The van der Waals surface area contributed by atoms with Crippen LogP contribution in [0.5, 0.6) is 5.75 Å². The molecule has 2 atom stereocenters. The van der Waals surface area contributed by atoms with Crippen molar-refractivity contribution >= 4 is 10.0 Å². The number of morpholine rings is 1. The lowest BCUT2D eigenvalue weighted by molar-refractivity contribution is -0.0440. The molecule has 0 spiro atoms. The fourth-order valence-electron chi connectivity index (χ4n) is 2.73. The van der Waals surface area contributed by atoms with Crippen LogP contribution in [0.25, 0.3) is 0 Å². The smallest absolute Gasteiger partial charge is 0.243 e. The van der Waals surface area contributed by atoms with Gasteiger partial charge in [0.15, 0.2) is 0 Å². The second-order valence-electron chi connectivity index (χ2n) is 5.67. The van der Waals surface area contributed by atoms with Crippen molar-refractivity contribution in [2.45, 2.75) is 44.8 Å². The zero-order valence-corrected chi connectivity index (χ0v) is 14.0. The van der Waals surface area contributed by atoms with E-state index in [0.29, 0.717) is 29.3 Å². The number of hydrogen-bond acceptors (Lipinski definition) is 4. The van der Waals surface area contributed by atoms with Crippen molar-refractivity contribution in [2.24, 2.45) is 0 Å². The second-order valence-corrected chi connectivity index (χ2v) is 7.57. The SMILES string of the molecule is COc1cc(C)c(S(=O)(=O)N2C[C@@H](C)O[C@H](C)C2)cc1C. The first-order valence-corrected chi connectivity index (χ1v) is 8.50. The van der Waals surface area contributed by atoms with Crippen LogP contribution < -0.4 is 4.74 Å². The lowest BCUT2D eigenvalue weighted by Gasteiger charge is -2.34. The molecule has 1 aromatic rings. The molecule has 1 aromatic carbocycles. The maximum Gasteiger partial charge on any atom is 0.243 e. The predicted molar refractivity (Wildman–Crippen MR) is 81.2 cm³/mol. The molecule has 0 amide bonds. The first-order valence-electron chi connectivity index (χ1n) is 7.06. The molecule has 2 rings (SSSR count). The van der Waals surface area contributed by atoms with Crippen molar-refractivity contribution in [1.82, 2.24) is 4.31 Å². The van der Waals surface area contributed by atoms with Gasteiger partial charge in [-0.05, 0) is 51.0 Å². The maximum absolute atomic E-state index is 12.9. The molecule has 5 nitrogen and oxygen atoms in total. The van der Waals surface area contributed by atoms with Crippen LogP contribution in [0.4, 0.5) is 0 Å². The van der Waals surface area contributed by atoms with E-state index in [1.165, 1.54) is 4.31 Å². The number of hydrogen-bond donors (Lipinski definition) is 0. The third-order valence-electron chi connectivity index (χ3n) is 3.70. The van der Waals surface area contributed by atoms with Gasteiger partial charge in [-0.1, -0.05) is 0 Å². The van der Waals surface area contributed by atoms with E-state index >= 15 is 0 Å². The van der Waals surface area contributed by atoms with Crippen molar-refractivity contribution < 1.29 is 17.9 Å². The Labute approximate surface area is 126 Å². The van der Waals surface area contributed by atoms with Gasteiger partial charge in [-0.25, -0.2) is 8.42 Å². The van der Waals surface area contributed by atoms with E-state index in [0.717, 1.165) is 5.56 Å². The van der Waals surface area contributed by atoms with Gasteiger partial charge in [0.2, 0.25) is 10.0 Å². The molecule has 0 unspecified atom stereocenters. The fraction of sp³-hybridized carbons (Fsp3) is 0.600. The van der Waals surface area contributed by atoms with Gasteiger partial charge in [-0.3, -0.25) is 0 Å². The van der Waals surface area contributed by atoms with Crippen LogP contribution >= 0.6 is 0 Å². The van der Waals surface area contributed by atoms with E-state index < -0.39 is 10.0 Å². The highest BCUT2D eigenvalue weighted by Gasteiger charge is 2.33. The van der Waals surface area contributed by atoms with Gasteiger partial charge in [-0.2, -0.15) is 4.31 Å². The fourth-order valence-corrected chi connectivity index (χ4v) is 4.61. The molecular weight excluding hydrogens is 290 g/mol. The highest BCUT2D eigenvalue weighted by Crippen LogP contribution is 2.29. The summed E-state index contributed by atoms with van der Waals surface area (Å²) in [5.74, 6) is 0.704. The highest BCUT2D eigenvalue weighted by molar-refractivity contribution is 7.89. The Balaban J connectivity index is 2.42. The molecule has 0 saturated carbocycles. The standard InChI is InChI=1S/C15H23NO4S/c1-10-7-15(11(2)6-14(10)19-5)21(17,18)16-8-12(3)20-13(4)9-16/h6-7,12-13H,8-9H2,1-5H3/t12-,13-/m1/s1. The predicted octanol–water partition coefficient (Wildman–Crippen LogP) is 2.11. The maximum atomic E-state index is 12.9. The van der Waals surface area contributed by atoms with Gasteiger partial charge in [0, 0.05) is 13.1 Å². The van der Waals surface area contributed by atoms with Crippen molar-refractivity contribution in [1.29, 1.82) is 0 Å². The van der Waals surface area contributed by atoms with Gasteiger partial charge in [0.1, 0.15) is 5.75 Å². The molecule has 0 aliphatic carbocycles. The number of rotatable bonds is 3. The Morgan fingerprint density at radius 2 is 1.71 bits per heavy atom. The number of ether oxygens (including phenoxy) is 2. The number of benzene rings is 1. The average molecular weight is 313 g/mol. The Morgan fingerprint density at radius 3 is 2.24 bits per heavy atom. The van der Waals surface area contributed by atoms with Crippen LogP contribution in [-0.4, -0.2) is 45.1 Å². The molecule has 6 heteroatoms. The largest absolute Gasteiger partial charge is 0.496 e. The van der Waals surface area contributed by atoms with Crippen LogP contribution in [0.3, 0.4) is 0 Å². The molecule has 1 fully saturated rings. The Hall–Kier alpha value is -1.11. The van der Waals surface area contributed by atoms with Crippen molar-refractivity contribution in [3.63, 3.8) is 0 Å². The van der Waals surface area contributed by atoms with Gasteiger partial charge < -0.3 is 9.47 Å². The van der Waals surface area contributed by atoms with E-state index in [2.05, 4.69) is 0 Å². The third-order valence-corrected chi connectivity index (χ3v) is 5.67. The normalized spacial score (nSPS) is 24.0. The summed E-state index contributed by atoms with van der Waals surface area (Å²) >= 11 is 0. The first-order chi connectivity index (χ1) is 9.75. The zero-order valence-electron chi connectivity index (χ0n) is 13.2. The van der Waals surface area contributed by atoms with Crippen LogP contribution in [0.1, 0.15) is 25.0 Å². The van der Waals surface area contributed by atoms with Crippen LogP contribution in [0.2, 0.25) is 0 Å². The number of aryl methyl sites for hydroxylation is 2. The molecule has 0 bridgehead atoms. The summed E-state index contributed by atoms with van der Waals surface area (Å²) in [6.45, 7) is 8.20. The van der Waals surface area contributed by atoms with E-state index in [-0.39, 0.29) is 12.2 Å². The van der Waals surface area contributed by atoms with E-state index in [1.54, 1.807) is 26.2 Å². The average Bonchev–Trinajstić information content (AvgIpc) is 2.39. The molecule has 0 N–H and O–H groups in total. The minimum absolute atomic E-state index is 0.0943. The monoisotopic (exact) mass is 313 g/mol. The molecule has 0 aromatic heterocycles. The van der Waals surface area contributed by atoms with Crippen LogP contribution in [0, 0.1) is 13.8 Å². The van der Waals surface area contributed by atoms with Crippen LogP contribution in [0.15, 0.2) is 17.0 Å². The minimum atomic E-state index is -3.51. The van der Waals surface area contributed by atoms with Gasteiger partial charge in [0.25, 0.3) is 0 Å². The third kappa shape index (κ3) is 3.22. The number of methoxy groups -OCH3 is 1. The molecule has 1 aliphatic rings. The summed E-state index contributed by atoms with van der Waals surface area (Å²) in [6, 6.07) is 3.46. The molecule has 21 heavy (non-hydrogen) atoms. The van der Waals surface area contributed by atoms with Crippen molar-refractivity contribution in [3.8, 4) is 5.75 Å². The zero-order chi connectivity index (χ0) is 15.8. The quantitative estimate of drug-likeness (QED) is 0.857. The summed E-state index contributed by atoms with van der Waals surface area (Å²) in [5.41, 5.74) is 1.51. The van der Waals surface area contributed by atoms with Crippen LogP contribution in [-0.2, 0) is 14.8 Å². The highest BCUT2D eigenvalue weighted by atomic mass is 32.2. The minimum Gasteiger partial charge on any atom is -0.496 e. The van der Waals surface area contributed by atoms with Crippen molar-refractivity contribution in [2.75, 3.05) is 20.2 Å². The topological polar surface area (TPSA) is 55.8 Å². The van der Waals surface area contributed by atoms with Crippen molar-refractivity contribution in [3.05, 3.63) is 23.3 Å².